The predicted molar refractivity (Wildman–Crippen MR) is 106 cm³/mol. The van der Waals surface area contributed by atoms with Crippen molar-refractivity contribution in [2.75, 3.05) is 23.8 Å². The van der Waals surface area contributed by atoms with Crippen LogP contribution in [0.4, 0.5) is 5.69 Å². The number of carbonyl (C=O) groups excluding carboxylic acids is 2. The Morgan fingerprint density at radius 3 is 2.85 bits per heavy atom. The third kappa shape index (κ3) is 5.02. The zero-order chi connectivity index (χ0) is 18.4. The molecule has 0 spiro atoms. The number of hydrogen-bond donors (Lipinski definition) is 0. The minimum absolute atomic E-state index is 0.176. The van der Waals surface area contributed by atoms with E-state index < -0.39 is 0 Å². The number of rotatable bonds is 6. The Bertz CT molecular complexity index is 796. The molecule has 0 radical (unpaired) electrons. The maximum atomic E-state index is 12.4. The Morgan fingerprint density at radius 1 is 1.15 bits per heavy atom. The number of fused-ring (bicyclic) bond motifs is 1. The summed E-state index contributed by atoms with van der Waals surface area (Å²) in [5.41, 5.74) is 3.14. The third-order valence-corrected chi connectivity index (χ3v) is 5.36. The Labute approximate surface area is 162 Å². The Hall–Kier alpha value is -1.98. The standard InChI is InChI=1S/C20H20ClNO3S/c21-17-8-3-5-15(11-17)13-26-14-20(24)25-12-19(23)22-10-4-7-16-6-1-2-9-18(16)22/h1-3,5-6,8-9,11H,4,7,10,12-14H2. The van der Waals surface area contributed by atoms with Crippen LogP contribution in [0.15, 0.2) is 48.5 Å². The average Bonchev–Trinajstić information content (AvgIpc) is 2.66. The van der Waals surface area contributed by atoms with Crippen molar-refractivity contribution >= 4 is 40.9 Å². The number of para-hydroxylation sites is 1. The lowest BCUT2D eigenvalue weighted by atomic mass is 10.0. The highest BCUT2D eigenvalue weighted by atomic mass is 35.5. The average molecular weight is 390 g/mol. The largest absolute Gasteiger partial charge is 0.455 e. The molecule has 136 valence electrons. The fourth-order valence-electron chi connectivity index (χ4n) is 2.93. The predicted octanol–water partition coefficient (Wildman–Crippen LogP) is 4.10. The lowest BCUT2D eigenvalue weighted by Gasteiger charge is -2.29. The number of hydrogen-bond acceptors (Lipinski definition) is 4. The fraction of sp³-hybridized carbons (Fsp3) is 0.300. The van der Waals surface area contributed by atoms with Gasteiger partial charge in [-0.05, 0) is 42.2 Å². The van der Waals surface area contributed by atoms with Crippen LogP contribution in [0.25, 0.3) is 0 Å². The van der Waals surface area contributed by atoms with Crippen LogP contribution >= 0.6 is 23.4 Å². The second-order valence-electron chi connectivity index (χ2n) is 6.06. The summed E-state index contributed by atoms with van der Waals surface area (Å²) in [6.45, 7) is 0.446. The van der Waals surface area contributed by atoms with E-state index in [1.165, 1.54) is 11.8 Å². The molecule has 0 unspecified atom stereocenters. The Kier molecular flexibility index (Phi) is 6.58. The van der Waals surface area contributed by atoms with E-state index in [1.807, 2.05) is 48.5 Å². The molecule has 2 aromatic rings. The van der Waals surface area contributed by atoms with Crippen LogP contribution in [0.2, 0.25) is 5.02 Å². The van der Waals surface area contributed by atoms with Gasteiger partial charge in [0.2, 0.25) is 0 Å². The van der Waals surface area contributed by atoms with Gasteiger partial charge in [0.15, 0.2) is 6.61 Å². The van der Waals surface area contributed by atoms with Crippen LogP contribution in [-0.2, 0) is 26.5 Å². The highest BCUT2D eigenvalue weighted by Crippen LogP contribution is 2.26. The van der Waals surface area contributed by atoms with Gasteiger partial charge in [-0.3, -0.25) is 9.59 Å². The van der Waals surface area contributed by atoms with Gasteiger partial charge in [-0.1, -0.05) is 41.9 Å². The van der Waals surface area contributed by atoms with Gasteiger partial charge in [-0.15, -0.1) is 11.8 Å². The number of halogens is 1. The highest BCUT2D eigenvalue weighted by Gasteiger charge is 2.22. The zero-order valence-electron chi connectivity index (χ0n) is 14.3. The molecule has 1 aliphatic rings. The molecule has 0 N–H and O–H groups in total. The number of aryl methyl sites for hydroxylation is 1. The summed E-state index contributed by atoms with van der Waals surface area (Å²) in [6, 6.07) is 15.4. The number of esters is 1. The molecule has 3 rings (SSSR count). The summed E-state index contributed by atoms with van der Waals surface area (Å²) in [5.74, 6) is 0.320. The van der Waals surface area contributed by atoms with Crippen LogP contribution < -0.4 is 4.90 Å². The van der Waals surface area contributed by atoms with Crippen LogP contribution in [0.3, 0.4) is 0 Å². The van der Waals surface area contributed by atoms with Gasteiger partial charge >= 0.3 is 5.97 Å². The van der Waals surface area contributed by atoms with E-state index in [1.54, 1.807) is 4.90 Å². The quantitative estimate of drug-likeness (QED) is 0.698. The monoisotopic (exact) mass is 389 g/mol. The minimum atomic E-state index is -0.379. The Morgan fingerprint density at radius 2 is 2.00 bits per heavy atom. The molecule has 0 bridgehead atoms. The molecule has 1 amide bonds. The first kappa shape index (κ1) is 18.8. The van der Waals surface area contributed by atoms with E-state index in [4.69, 9.17) is 16.3 Å². The maximum Gasteiger partial charge on any atom is 0.316 e. The Balaban J connectivity index is 1.44. The van der Waals surface area contributed by atoms with Gasteiger partial charge < -0.3 is 9.64 Å². The molecular weight excluding hydrogens is 370 g/mol. The summed E-state index contributed by atoms with van der Waals surface area (Å²) in [6.07, 6.45) is 1.89. The molecule has 0 saturated carbocycles. The van der Waals surface area contributed by atoms with Crippen LogP contribution in [0.5, 0.6) is 0 Å². The van der Waals surface area contributed by atoms with E-state index in [0.717, 1.165) is 29.7 Å². The van der Waals surface area contributed by atoms with Crippen molar-refractivity contribution in [1.29, 1.82) is 0 Å². The summed E-state index contributed by atoms with van der Waals surface area (Å²) >= 11 is 7.38. The van der Waals surface area contributed by atoms with Crippen LogP contribution in [0.1, 0.15) is 17.5 Å². The van der Waals surface area contributed by atoms with Gasteiger partial charge in [-0.2, -0.15) is 0 Å². The second-order valence-corrected chi connectivity index (χ2v) is 7.48. The summed E-state index contributed by atoms with van der Waals surface area (Å²) in [4.78, 5) is 26.0. The number of carbonyl (C=O) groups is 2. The lowest BCUT2D eigenvalue weighted by molar-refractivity contribution is -0.145. The molecule has 1 heterocycles. The molecule has 6 heteroatoms. The SMILES string of the molecule is O=C(CSCc1cccc(Cl)c1)OCC(=O)N1CCCc2ccccc21. The van der Waals surface area contributed by atoms with E-state index in [9.17, 15) is 9.59 Å². The first-order valence-corrected chi connectivity index (χ1v) is 10.0. The fourth-order valence-corrected chi connectivity index (χ4v) is 3.91. The lowest BCUT2D eigenvalue weighted by Crippen LogP contribution is -2.38. The maximum absolute atomic E-state index is 12.4. The molecule has 26 heavy (non-hydrogen) atoms. The smallest absolute Gasteiger partial charge is 0.316 e. The van der Waals surface area contributed by atoms with Crippen molar-refractivity contribution in [3.8, 4) is 0 Å². The number of ether oxygens (including phenoxy) is 1. The number of amides is 1. The minimum Gasteiger partial charge on any atom is -0.455 e. The van der Waals surface area contributed by atoms with E-state index in [-0.39, 0.29) is 24.2 Å². The van der Waals surface area contributed by atoms with Crippen LogP contribution in [0, 0.1) is 0 Å². The number of benzene rings is 2. The second kappa shape index (κ2) is 9.10. The molecular formula is C20H20ClNO3S. The van der Waals surface area contributed by atoms with Gasteiger partial charge in [0.05, 0.1) is 5.75 Å². The molecule has 1 aliphatic heterocycles. The summed E-state index contributed by atoms with van der Waals surface area (Å²) in [7, 11) is 0. The van der Waals surface area contributed by atoms with Gasteiger partial charge in [-0.25, -0.2) is 0 Å². The highest BCUT2D eigenvalue weighted by molar-refractivity contribution is 7.99. The van der Waals surface area contributed by atoms with Crippen molar-refractivity contribution in [3.05, 3.63) is 64.7 Å². The molecule has 0 aromatic heterocycles. The van der Waals surface area contributed by atoms with E-state index in [0.29, 0.717) is 17.3 Å². The van der Waals surface area contributed by atoms with Crippen molar-refractivity contribution in [2.45, 2.75) is 18.6 Å². The topological polar surface area (TPSA) is 46.6 Å². The van der Waals surface area contributed by atoms with Crippen molar-refractivity contribution in [1.82, 2.24) is 0 Å². The molecule has 0 atom stereocenters. The number of thioether (sulfide) groups is 1. The van der Waals surface area contributed by atoms with Crippen molar-refractivity contribution in [3.63, 3.8) is 0 Å². The van der Waals surface area contributed by atoms with E-state index >= 15 is 0 Å². The molecule has 0 fully saturated rings. The molecule has 0 aliphatic carbocycles. The zero-order valence-corrected chi connectivity index (χ0v) is 15.9. The summed E-state index contributed by atoms with van der Waals surface area (Å²) < 4.78 is 5.16. The molecule has 2 aromatic carbocycles. The number of anilines is 1. The van der Waals surface area contributed by atoms with Gasteiger partial charge in [0.25, 0.3) is 5.91 Å². The normalized spacial score (nSPS) is 13.2. The summed E-state index contributed by atoms with van der Waals surface area (Å²) in [5, 5.41) is 0.679. The van der Waals surface area contributed by atoms with Gasteiger partial charge in [0.1, 0.15) is 0 Å². The molecule has 4 nitrogen and oxygen atoms in total. The third-order valence-electron chi connectivity index (χ3n) is 4.15. The first-order chi connectivity index (χ1) is 12.6. The number of nitrogens with zero attached hydrogens (tertiary/aromatic N) is 1. The van der Waals surface area contributed by atoms with Crippen molar-refractivity contribution in [2.24, 2.45) is 0 Å². The van der Waals surface area contributed by atoms with Gasteiger partial charge in [0, 0.05) is 23.0 Å². The first-order valence-electron chi connectivity index (χ1n) is 8.49. The van der Waals surface area contributed by atoms with Crippen LogP contribution in [-0.4, -0.2) is 30.8 Å². The van der Waals surface area contributed by atoms with Crippen molar-refractivity contribution < 1.29 is 14.3 Å². The molecule has 0 saturated heterocycles. The van der Waals surface area contributed by atoms with E-state index in [2.05, 4.69) is 0 Å².